The minimum absolute atomic E-state index is 0.0401. The first-order valence-electron chi connectivity index (χ1n) is 8.47. The zero-order valence-electron chi connectivity index (χ0n) is 14.6. The van der Waals surface area contributed by atoms with E-state index in [0.29, 0.717) is 37.8 Å². The molecule has 1 amide bonds. The van der Waals surface area contributed by atoms with Crippen molar-refractivity contribution in [3.63, 3.8) is 0 Å². The van der Waals surface area contributed by atoms with Crippen LogP contribution in [-0.2, 0) is 20.9 Å². The lowest BCUT2D eigenvalue weighted by atomic mass is 10.3. The van der Waals surface area contributed by atoms with Crippen LogP contribution in [0.5, 0.6) is 5.75 Å². The molecule has 26 heavy (non-hydrogen) atoms. The van der Waals surface area contributed by atoms with E-state index in [0.717, 1.165) is 0 Å². The number of hydrogen-bond acceptors (Lipinski definition) is 6. The first kappa shape index (κ1) is 18.0. The van der Waals surface area contributed by atoms with E-state index in [-0.39, 0.29) is 18.3 Å². The lowest BCUT2D eigenvalue weighted by molar-refractivity contribution is -0.143. The predicted octanol–water partition coefficient (Wildman–Crippen LogP) is 2.26. The molecule has 1 aliphatic rings. The molecule has 7 heteroatoms. The number of para-hydroxylation sites is 1. The standard InChI is InChI=1S/C19H21NO6/c1-14(18(21)20-9-11-23-12-10-20)25-19(22)17-8-7-16(26-17)13-24-15-5-3-2-4-6-15/h2-8,14H,9-13H2,1H3. The molecule has 0 bridgehead atoms. The third-order valence-corrected chi connectivity index (χ3v) is 3.94. The monoisotopic (exact) mass is 359 g/mol. The molecule has 1 aliphatic heterocycles. The maximum atomic E-state index is 12.3. The molecule has 1 aromatic carbocycles. The summed E-state index contributed by atoms with van der Waals surface area (Å²) >= 11 is 0. The van der Waals surface area contributed by atoms with Crippen LogP contribution in [0.3, 0.4) is 0 Å². The quantitative estimate of drug-likeness (QED) is 0.736. The van der Waals surface area contributed by atoms with E-state index in [1.165, 1.54) is 6.07 Å². The van der Waals surface area contributed by atoms with Crippen molar-refractivity contribution in [1.29, 1.82) is 0 Å². The number of ether oxygens (including phenoxy) is 3. The molecule has 0 radical (unpaired) electrons. The van der Waals surface area contributed by atoms with E-state index in [1.807, 2.05) is 30.3 Å². The van der Waals surface area contributed by atoms with Gasteiger partial charge in [0, 0.05) is 13.1 Å². The minimum atomic E-state index is -0.880. The van der Waals surface area contributed by atoms with Crippen LogP contribution in [0.2, 0.25) is 0 Å². The second kappa shape index (κ2) is 8.53. The van der Waals surface area contributed by atoms with Gasteiger partial charge in [-0.25, -0.2) is 4.79 Å². The van der Waals surface area contributed by atoms with Crippen LogP contribution < -0.4 is 4.74 Å². The zero-order chi connectivity index (χ0) is 18.4. The van der Waals surface area contributed by atoms with Gasteiger partial charge in [-0.05, 0) is 31.2 Å². The molecule has 1 unspecified atom stereocenters. The summed E-state index contributed by atoms with van der Waals surface area (Å²) in [7, 11) is 0. The second-order valence-corrected chi connectivity index (χ2v) is 5.85. The van der Waals surface area contributed by atoms with Gasteiger partial charge in [0.1, 0.15) is 18.1 Å². The van der Waals surface area contributed by atoms with Crippen LogP contribution in [0.25, 0.3) is 0 Å². The van der Waals surface area contributed by atoms with Gasteiger partial charge in [0.05, 0.1) is 13.2 Å². The highest BCUT2D eigenvalue weighted by molar-refractivity contribution is 5.90. The molecule has 0 aliphatic carbocycles. The summed E-state index contributed by atoms with van der Waals surface area (Å²) in [5.74, 6) is 0.329. The van der Waals surface area contributed by atoms with Gasteiger partial charge in [-0.1, -0.05) is 18.2 Å². The van der Waals surface area contributed by atoms with Crippen molar-refractivity contribution in [3.8, 4) is 5.75 Å². The van der Waals surface area contributed by atoms with Gasteiger partial charge >= 0.3 is 5.97 Å². The van der Waals surface area contributed by atoms with Gasteiger partial charge in [0.25, 0.3) is 5.91 Å². The highest BCUT2D eigenvalue weighted by Gasteiger charge is 2.26. The number of nitrogens with zero attached hydrogens (tertiary/aromatic N) is 1. The molecular weight excluding hydrogens is 338 g/mol. The maximum Gasteiger partial charge on any atom is 0.375 e. The van der Waals surface area contributed by atoms with Crippen molar-refractivity contribution in [1.82, 2.24) is 4.90 Å². The largest absolute Gasteiger partial charge is 0.486 e. The van der Waals surface area contributed by atoms with Crippen LogP contribution in [0.15, 0.2) is 46.9 Å². The van der Waals surface area contributed by atoms with E-state index in [2.05, 4.69) is 0 Å². The van der Waals surface area contributed by atoms with Crippen molar-refractivity contribution in [3.05, 3.63) is 54.0 Å². The van der Waals surface area contributed by atoms with Crippen molar-refractivity contribution < 1.29 is 28.2 Å². The summed E-state index contributed by atoms with van der Waals surface area (Å²) in [6.45, 7) is 3.74. The number of furan rings is 1. The van der Waals surface area contributed by atoms with E-state index in [4.69, 9.17) is 18.6 Å². The Morgan fingerprint density at radius 3 is 2.58 bits per heavy atom. The molecule has 1 aromatic heterocycles. The number of rotatable bonds is 6. The van der Waals surface area contributed by atoms with Gasteiger partial charge < -0.3 is 23.5 Å². The Morgan fingerprint density at radius 2 is 1.85 bits per heavy atom. The SMILES string of the molecule is CC(OC(=O)c1ccc(COc2ccccc2)o1)C(=O)N1CCOCC1. The molecule has 2 heterocycles. The van der Waals surface area contributed by atoms with Crippen LogP contribution >= 0.6 is 0 Å². The minimum Gasteiger partial charge on any atom is -0.486 e. The number of amides is 1. The lowest BCUT2D eigenvalue weighted by Gasteiger charge is -2.28. The maximum absolute atomic E-state index is 12.3. The number of morpholine rings is 1. The first-order chi connectivity index (χ1) is 12.6. The molecule has 2 aromatic rings. The predicted molar refractivity (Wildman–Crippen MR) is 91.8 cm³/mol. The fraction of sp³-hybridized carbons (Fsp3) is 0.368. The molecular formula is C19H21NO6. The highest BCUT2D eigenvalue weighted by atomic mass is 16.6. The average Bonchev–Trinajstić information content (AvgIpc) is 3.16. The van der Waals surface area contributed by atoms with Crippen LogP contribution in [0, 0.1) is 0 Å². The van der Waals surface area contributed by atoms with Crippen molar-refractivity contribution in [2.45, 2.75) is 19.6 Å². The summed E-state index contributed by atoms with van der Waals surface area (Å²) in [4.78, 5) is 26.1. The van der Waals surface area contributed by atoms with E-state index < -0.39 is 12.1 Å². The Hall–Kier alpha value is -2.80. The summed E-state index contributed by atoms with van der Waals surface area (Å²) in [6.07, 6.45) is -0.880. The number of benzene rings is 1. The van der Waals surface area contributed by atoms with Crippen molar-refractivity contribution in [2.75, 3.05) is 26.3 Å². The molecule has 1 saturated heterocycles. The molecule has 1 atom stereocenters. The summed E-state index contributed by atoms with van der Waals surface area (Å²) in [6, 6.07) is 12.5. The topological polar surface area (TPSA) is 78.2 Å². The fourth-order valence-electron chi connectivity index (χ4n) is 2.55. The van der Waals surface area contributed by atoms with Crippen LogP contribution in [-0.4, -0.2) is 49.2 Å². The summed E-state index contributed by atoms with van der Waals surface area (Å²) in [5.41, 5.74) is 0. The Kier molecular flexibility index (Phi) is 5.91. The summed E-state index contributed by atoms with van der Waals surface area (Å²) < 4.78 is 21.4. The third-order valence-electron chi connectivity index (χ3n) is 3.94. The lowest BCUT2D eigenvalue weighted by Crippen LogP contribution is -2.46. The van der Waals surface area contributed by atoms with E-state index in [9.17, 15) is 9.59 Å². The van der Waals surface area contributed by atoms with Crippen LogP contribution in [0.1, 0.15) is 23.2 Å². The van der Waals surface area contributed by atoms with Crippen LogP contribution in [0.4, 0.5) is 0 Å². The summed E-state index contributed by atoms with van der Waals surface area (Å²) in [5, 5.41) is 0. The van der Waals surface area contributed by atoms with E-state index >= 15 is 0 Å². The van der Waals surface area contributed by atoms with Gasteiger partial charge in [0.15, 0.2) is 6.10 Å². The molecule has 0 N–H and O–H groups in total. The molecule has 1 fully saturated rings. The number of carbonyl (C=O) groups excluding carboxylic acids is 2. The third kappa shape index (κ3) is 4.64. The Balaban J connectivity index is 1.51. The van der Waals surface area contributed by atoms with Crippen molar-refractivity contribution in [2.24, 2.45) is 0 Å². The number of hydrogen-bond donors (Lipinski definition) is 0. The second-order valence-electron chi connectivity index (χ2n) is 5.85. The molecule has 3 rings (SSSR count). The number of esters is 1. The zero-order valence-corrected chi connectivity index (χ0v) is 14.6. The molecule has 138 valence electrons. The molecule has 7 nitrogen and oxygen atoms in total. The van der Waals surface area contributed by atoms with Gasteiger partial charge in [-0.15, -0.1) is 0 Å². The Morgan fingerprint density at radius 1 is 1.12 bits per heavy atom. The van der Waals surface area contributed by atoms with Gasteiger partial charge in [-0.2, -0.15) is 0 Å². The molecule has 0 spiro atoms. The van der Waals surface area contributed by atoms with Gasteiger partial charge in [-0.3, -0.25) is 4.79 Å². The van der Waals surface area contributed by atoms with Gasteiger partial charge in [0.2, 0.25) is 5.76 Å². The highest BCUT2D eigenvalue weighted by Crippen LogP contribution is 2.15. The first-order valence-corrected chi connectivity index (χ1v) is 8.47. The molecule has 0 saturated carbocycles. The number of carbonyl (C=O) groups is 2. The smallest absolute Gasteiger partial charge is 0.375 e. The van der Waals surface area contributed by atoms with Crippen molar-refractivity contribution >= 4 is 11.9 Å². The Bertz CT molecular complexity index is 735. The van der Waals surface area contributed by atoms with E-state index in [1.54, 1.807) is 17.9 Å². The normalized spacial score (nSPS) is 15.3. The Labute approximate surface area is 151 Å². The average molecular weight is 359 g/mol. The fourth-order valence-corrected chi connectivity index (χ4v) is 2.55.